The topological polar surface area (TPSA) is 35.5 Å². The van der Waals surface area contributed by atoms with Gasteiger partial charge in [-0.1, -0.05) is 18.7 Å². The SMILES string of the molecule is C=C=C(C(=O)OCC)c1cccc(OC)c1. The molecule has 0 saturated carbocycles. The molecule has 0 atom stereocenters. The smallest absolute Gasteiger partial charge is 0.346 e. The fraction of sp³-hybridized carbons (Fsp3) is 0.231. The average Bonchev–Trinajstić information content (AvgIpc) is 2.31. The second-order valence-electron chi connectivity index (χ2n) is 3.00. The van der Waals surface area contributed by atoms with E-state index in [-0.39, 0.29) is 0 Å². The van der Waals surface area contributed by atoms with Gasteiger partial charge in [-0.2, -0.15) is 0 Å². The summed E-state index contributed by atoms with van der Waals surface area (Å²) in [6.07, 6.45) is 0. The van der Waals surface area contributed by atoms with E-state index in [1.807, 2.05) is 0 Å². The summed E-state index contributed by atoms with van der Waals surface area (Å²) in [6, 6.07) is 7.12. The lowest BCUT2D eigenvalue weighted by Gasteiger charge is -2.06. The fourth-order valence-corrected chi connectivity index (χ4v) is 1.27. The Morgan fingerprint density at radius 2 is 2.25 bits per heavy atom. The van der Waals surface area contributed by atoms with Crippen LogP contribution in [0.25, 0.3) is 5.57 Å². The Morgan fingerprint density at radius 1 is 1.50 bits per heavy atom. The number of carbonyl (C=O) groups excluding carboxylic acids is 1. The van der Waals surface area contributed by atoms with Crippen LogP contribution in [0.4, 0.5) is 0 Å². The van der Waals surface area contributed by atoms with Gasteiger partial charge in [-0.05, 0) is 19.1 Å². The first kappa shape index (κ1) is 12.1. The second kappa shape index (κ2) is 5.79. The molecule has 0 unspecified atom stereocenters. The molecule has 0 aliphatic carbocycles. The molecule has 0 heterocycles. The van der Waals surface area contributed by atoms with E-state index in [1.54, 1.807) is 38.3 Å². The molecule has 3 heteroatoms. The molecule has 0 fully saturated rings. The Morgan fingerprint density at radius 3 is 2.81 bits per heavy atom. The lowest BCUT2D eigenvalue weighted by atomic mass is 10.1. The van der Waals surface area contributed by atoms with Crippen molar-refractivity contribution in [1.29, 1.82) is 0 Å². The van der Waals surface area contributed by atoms with Crippen molar-refractivity contribution >= 4 is 11.5 Å². The van der Waals surface area contributed by atoms with Crippen LogP contribution in [0, 0.1) is 0 Å². The Balaban J connectivity index is 3.05. The normalized spacial score (nSPS) is 9.12. The van der Waals surface area contributed by atoms with E-state index in [4.69, 9.17) is 9.47 Å². The minimum absolute atomic E-state index is 0.320. The first-order chi connectivity index (χ1) is 7.72. The minimum atomic E-state index is -0.425. The molecule has 1 aromatic carbocycles. The summed E-state index contributed by atoms with van der Waals surface area (Å²) in [5.74, 6) is 0.250. The van der Waals surface area contributed by atoms with Gasteiger partial charge in [0.1, 0.15) is 11.3 Å². The van der Waals surface area contributed by atoms with E-state index < -0.39 is 5.97 Å². The van der Waals surface area contributed by atoms with E-state index in [1.165, 1.54) is 0 Å². The van der Waals surface area contributed by atoms with E-state index >= 15 is 0 Å². The zero-order chi connectivity index (χ0) is 12.0. The molecule has 1 rings (SSSR count). The Bertz CT molecular complexity index is 429. The van der Waals surface area contributed by atoms with Crippen LogP contribution in [0.2, 0.25) is 0 Å². The van der Waals surface area contributed by atoms with Gasteiger partial charge in [0.05, 0.1) is 13.7 Å². The van der Waals surface area contributed by atoms with Crippen molar-refractivity contribution in [2.24, 2.45) is 0 Å². The highest BCUT2D eigenvalue weighted by atomic mass is 16.5. The number of hydrogen-bond donors (Lipinski definition) is 0. The molecule has 0 aromatic heterocycles. The van der Waals surface area contributed by atoms with Crippen molar-refractivity contribution in [2.45, 2.75) is 6.92 Å². The summed E-state index contributed by atoms with van der Waals surface area (Å²) in [5, 5.41) is 0. The minimum Gasteiger partial charge on any atom is -0.497 e. The maximum absolute atomic E-state index is 11.6. The third-order valence-corrected chi connectivity index (χ3v) is 2.01. The molecule has 0 aliphatic heterocycles. The number of hydrogen-bond acceptors (Lipinski definition) is 3. The highest BCUT2D eigenvalue weighted by Gasteiger charge is 2.12. The van der Waals surface area contributed by atoms with E-state index in [0.29, 0.717) is 23.5 Å². The van der Waals surface area contributed by atoms with E-state index in [9.17, 15) is 4.79 Å². The maximum atomic E-state index is 11.6. The summed E-state index contributed by atoms with van der Waals surface area (Å²) in [5.41, 5.74) is 3.60. The molecule has 0 radical (unpaired) electrons. The molecule has 1 aromatic rings. The number of esters is 1. The van der Waals surface area contributed by atoms with Crippen LogP contribution >= 0.6 is 0 Å². The number of carbonyl (C=O) groups is 1. The van der Waals surface area contributed by atoms with Gasteiger partial charge < -0.3 is 9.47 Å². The third-order valence-electron chi connectivity index (χ3n) is 2.01. The van der Waals surface area contributed by atoms with Crippen LogP contribution in [0.1, 0.15) is 12.5 Å². The van der Waals surface area contributed by atoms with Gasteiger partial charge in [-0.3, -0.25) is 0 Å². The molecule has 0 aliphatic rings. The highest BCUT2D eigenvalue weighted by Crippen LogP contribution is 2.20. The third kappa shape index (κ3) is 2.75. The van der Waals surface area contributed by atoms with Crippen LogP contribution in [-0.4, -0.2) is 19.7 Å². The molecular weight excluding hydrogens is 204 g/mol. The highest BCUT2D eigenvalue weighted by molar-refractivity contribution is 6.16. The summed E-state index contributed by atoms with van der Waals surface area (Å²) in [6.45, 7) is 5.57. The van der Waals surface area contributed by atoms with Gasteiger partial charge in [0, 0.05) is 5.56 Å². The van der Waals surface area contributed by atoms with Gasteiger partial charge in [0.25, 0.3) is 0 Å². The van der Waals surface area contributed by atoms with Crippen LogP contribution < -0.4 is 4.74 Å². The quantitative estimate of drug-likeness (QED) is 0.442. The van der Waals surface area contributed by atoms with Crippen molar-refractivity contribution in [3.8, 4) is 5.75 Å². The van der Waals surface area contributed by atoms with Crippen LogP contribution in [-0.2, 0) is 9.53 Å². The predicted octanol–water partition coefficient (Wildman–Crippen LogP) is 2.43. The monoisotopic (exact) mass is 218 g/mol. The Labute approximate surface area is 95.0 Å². The van der Waals surface area contributed by atoms with Gasteiger partial charge in [-0.25, -0.2) is 4.79 Å². The fourth-order valence-electron chi connectivity index (χ4n) is 1.27. The maximum Gasteiger partial charge on any atom is 0.346 e. The van der Waals surface area contributed by atoms with Crippen LogP contribution in [0.3, 0.4) is 0 Å². The standard InChI is InChI=1S/C13H14O3/c1-4-12(13(14)16-5-2)10-7-6-8-11(9-10)15-3/h6-9H,1,5H2,2-3H3. The van der Waals surface area contributed by atoms with Gasteiger partial charge >= 0.3 is 5.97 Å². The molecule has 16 heavy (non-hydrogen) atoms. The van der Waals surface area contributed by atoms with Gasteiger partial charge in [-0.15, -0.1) is 5.73 Å². The molecule has 0 spiro atoms. The van der Waals surface area contributed by atoms with Crippen molar-refractivity contribution in [2.75, 3.05) is 13.7 Å². The lowest BCUT2D eigenvalue weighted by molar-refractivity contribution is -0.136. The number of benzene rings is 1. The van der Waals surface area contributed by atoms with Crippen molar-refractivity contribution in [3.05, 3.63) is 42.1 Å². The summed E-state index contributed by atoms with van der Waals surface area (Å²) in [7, 11) is 1.57. The molecule has 0 amide bonds. The molecular formula is C13H14O3. The molecule has 0 N–H and O–H groups in total. The molecule has 3 nitrogen and oxygen atoms in total. The van der Waals surface area contributed by atoms with Gasteiger partial charge in [0.15, 0.2) is 0 Å². The lowest BCUT2D eigenvalue weighted by Crippen LogP contribution is -2.06. The number of methoxy groups -OCH3 is 1. The largest absolute Gasteiger partial charge is 0.497 e. The number of rotatable bonds is 4. The van der Waals surface area contributed by atoms with Crippen LogP contribution in [0.5, 0.6) is 5.75 Å². The summed E-state index contributed by atoms with van der Waals surface area (Å²) in [4.78, 5) is 11.6. The van der Waals surface area contributed by atoms with Crippen molar-refractivity contribution in [1.82, 2.24) is 0 Å². The van der Waals surface area contributed by atoms with Crippen molar-refractivity contribution < 1.29 is 14.3 Å². The summed E-state index contributed by atoms with van der Waals surface area (Å²) >= 11 is 0. The molecule has 84 valence electrons. The van der Waals surface area contributed by atoms with Crippen LogP contribution in [0.15, 0.2) is 36.6 Å². The first-order valence-electron chi connectivity index (χ1n) is 4.94. The molecule has 0 saturated heterocycles. The summed E-state index contributed by atoms with van der Waals surface area (Å²) < 4.78 is 9.98. The van der Waals surface area contributed by atoms with Gasteiger partial charge in [0.2, 0.25) is 0 Å². The molecule has 0 bridgehead atoms. The zero-order valence-corrected chi connectivity index (χ0v) is 9.45. The second-order valence-corrected chi connectivity index (χ2v) is 3.00. The van der Waals surface area contributed by atoms with E-state index in [2.05, 4.69) is 12.3 Å². The number of ether oxygens (including phenoxy) is 2. The Hall–Kier alpha value is -1.99. The first-order valence-corrected chi connectivity index (χ1v) is 4.94. The van der Waals surface area contributed by atoms with Crippen molar-refractivity contribution in [3.63, 3.8) is 0 Å². The zero-order valence-electron chi connectivity index (χ0n) is 9.45. The predicted molar refractivity (Wildman–Crippen MR) is 62.2 cm³/mol. The van der Waals surface area contributed by atoms with E-state index in [0.717, 1.165) is 0 Å². The Kier molecular flexibility index (Phi) is 4.37. The average molecular weight is 218 g/mol.